The van der Waals surface area contributed by atoms with Crippen LogP contribution in [0.25, 0.3) is 11.1 Å². The average molecular weight is 352 g/mol. The van der Waals surface area contributed by atoms with Crippen LogP contribution >= 0.6 is 11.8 Å². The third kappa shape index (κ3) is 3.46. The van der Waals surface area contributed by atoms with E-state index in [4.69, 9.17) is 9.63 Å². The van der Waals surface area contributed by atoms with Gasteiger partial charge in [-0.3, -0.25) is 0 Å². The smallest absolute Gasteiger partial charge is 0.263 e. The Morgan fingerprint density at radius 1 is 1.33 bits per heavy atom. The zero-order valence-corrected chi connectivity index (χ0v) is 13.5. The van der Waals surface area contributed by atoms with E-state index in [-0.39, 0.29) is 29.7 Å². The molecule has 0 saturated heterocycles. The minimum Gasteiger partial charge on any atom is -0.394 e. The van der Waals surface area contributed by atoms with Gasteiger partial charge in [-0.15, -0.1) is 0 Å². The van der Waals surface area contributed by atoms with Crippen LogP contribution in [0.1, 0.15) is 12.5 Å². The van der Waals surface area contributed by atoms with Gasteiger partial charge in [0.25, 0.3) is 5.71 Å². The minimum atomic E-state index is -0.890. The molecule has 0 aliphatic rings. The number of thioether (sulfide) groups is 1. The van der Waals surface area contributed by atoms with Gasteiger partial charge in [0.1, 0.15) is 11.2 Å². The van der Waals surface area contributed by atoms with E-state index >= 15 is 0 Å². The Labute approximate surface area is 140 Å². The fraction of sp³-hybridized carbons (Fsp3) is 0.267. The van der Waals surface area contributed by atoms with Crippen molar-refractivity contribution in [1.29, 1.82) is 0 Å². The predicted molar refractivity (Wildman–Crippen MR) is 85.7 cm³/mol. The molecule has 1 aromatic carbocycles. The van der Waals surface area contributed by atoms with Gasteiger partial charge >= 0.3 is 0 Å². The van der Waals surface area contributed by atoms with E-state index in [0.717, 1.165) is 17.8 Å². The molecule has 6 nitrogen and oxygen atoms in total. The highest BCUT2D eigenvalue weighted by atomic mass is 32.2. The summed E-state index contributed by atoms with van der Waals surface area (Å²) in [5.74, 6) is -1.14. The highest BCUT2D eigenvalue weighted by molar-refractivity contribution is 7.98. The van der Waals surface area contributed by atoms with E-state index in [1.54, 1.807) is 6.92 Å². The van der Waals surface area contributed by atoms with Crippen LogP contribution in [0.2, 0.25) is 0 Å². The molecule has 0 fully saturated rings. The lowest BCUT2D eigenvalue weighted by Gasteiger charge is -2.12. The normalized spacial score (nSPS) is 12.5. The SMILES string of the molecule is C[C@H](CO)Nc1nc(SCc2cccc(F)c2F)nc2oncc12. The summed E-state index contributed by atoms with van der Waals surface area (Å²) in [5, 5.41) is 16.8. The molecular formula is C15H14F2N4O2S. The Morgan fingerprint density at radius 2 is 2.17 bits per heavy atom. The molecule has 0 saturated carbocycles. The number of aliphatic hydroxyl groups excluding tert-OH is 1. The number of nitrogens with zero attached hydrogens (tertiary/aromatic N) is 3. The van der Waals surface area contributed by atoms with Gasteiger partial charge in [-0.1, -0.05) is 29.1 Å². The first-order valence-electron chi connectivity index (χ1n) is 7.14. The van der Waals surface area contributed by atoms with Gasteiger partial charge in [-0.25, -0.2) is 13.8 Å². The lowest BCUT2D eigenvalue weighted by atomic mass is 10.2. The number of aromatic nitrogens is 3. The van der Waals surface area contributed by atoms with Gasteiger partial charge < -0.3 is 14.9 Å². The fourth-order valence-corrected chi connectivity index (χ4v) is 2.81. The standard InChI is InChI=1S/C15H14F2N4O2S/c1-8(6-22)19-13-10-5-18-23-14(10)21-15(20-13)24-7-9-3-2-4-11(16)12(9)17/h2-5,8,22H,6-7H2,1H3,(H,19,20,21)/t8-/m1/s1. The zero-order valence-electron chi connectivity index (χ0n) is 12.7. The number of hydrogen-bond acceptors (Lipinski definition) is 7. The summed E-state index contributed by atoms with van der Waals surface area (Å²) in [6.07, 6.45) is 1.47. The Bertz CT molecular complexity index is 859. The molecular weight excluding hydrogens is 338 g/mol. The van der Waals surface area contributed by atoms with E-state index in [1.165, 1.54) is 18.3 Å². The van der Waals surface area contributed by atoms with Crippen LogP contribution in [-0.2, 0) is 5.75 Å². The van der Waals surface area contributed by atoms with Crippen LogP contribution in [0.3, 0.4) is 0 Å². The maximum absolute atomic E-state index is 13.7. The molecule has 0 aliphatic heterocycles. The highest BCUT2D eigenvalue weighted by Crippen LogP contribution is 2.27. The predicted octanol–water partition coefficient (Wildman–Crippen LogP) is 2.98. The molecule has 1 atom stereocenters. The molecule has 126 valence electrons. The molecule has 0 bridgehead atoms. The Kier molecular flexibility index (Phi) is 4.91. The number of rotatable bonds is 6. The maximum atomic E-state index is 13.7. The number of halogens is 2. The molecule has 2 heterocycles. The first kappa shape index (κ1) is 16.6. The lowest BCUT2D eigenvalue weighted by molar-refractivity contribution is 0.281. The summed E-state index contributed by atoms with van der Waals surface area (Å²) in [4.78, 5) is 8.54. The van der Waals surface area contributed by atoms with Crippen molar-refractivity contribution in [3.63, 3.8) is 0 Å². The number of nitrogens with one attached hydrogen (secondary N) is 1. The van der Waals surface area contributed by atoms with Crippen molar-refractivity contribution < 1.29 is 18.4 Å². The van der Waals surface area contributed by atoms with Gasteiger partial charge in [-0.2, -0.15) is 4.98 Å². The Hall–Kier alpha value is -2.26. The largest absolute Gasteiger partial charge is 0.394 e. The number of hydrogen-bond donors (Lipinski definition) is 2. The van der Waals surface area contributed by atoms with Crippen LogP contribution in [0, 0.1) is 11.6 Å². The topological polar surface area (TPSA) is 84.1 Å². The van der Waals surface area contributed by atoms with Gasteiger partial charge in [-0.05, 0) is 13.0 Å². The van der Waals surface area contributed by atoms with E-state index in [0.29, 0.717) is 16.4 Å². The molecule has 2 aromatic heterocycles. The Morgan fingerprint density at radius 3 is 2.96 bits per heavy atom. The van der Waals surface area contributed by atoms with E-state index in [9.17, 15) is 8.78 Å². The Balaban J connectivity index is 1.85. The van der Waals surface area contributed by atoms with Crippen molar-refractivity contribution >= 4 is 28.7 Å². The van der Waals surface area contributed by atoms with Crippen LogP contribution in [0.4, 0.5) is 14.6 Å². The molecule has 3 aromatic rings. The molecule has 0 unspecified atom stereocenters. The van der Waals surface area contributed by atoms with Crippen LogP contribution in [0.15, 0.2) is 34.1 Å². The fourth-order valence-electron chi connectivity index (χ4n) is 2.00. The lowest BCUT2D eigenvalue weighted by Crippen LogP contribution is -2.20. The number of fused-ring (bicyclic) bond motifs is 1. The number of benzene rings is 1. The van der Waals surface area contributed by atoms with Crippen molar-refractivity contribution in [2.75, 3.05) is 11.9 Å². The molecule has 3 rings (SSSR count). The monoisotopic (exact) mass is 352 g/mol. The average Bonchev–Trinajstić information content (AvgIpc) is 3.05. The third-order valence-corrected chi connectivity index (χ3v) is 4.15. The molecule has 24 heavy (non-hydrogen) atoms. The second-order valence-corrected chi connectivity index (χ2v) is 6.07. The number of anilines is 1. The molecule has 0 aliphatic carbocycles. The van der Waals surface area contributed by atoms with Crippen LogP contribution in [-0.4, -0.2) is 32.9 Å². The summed E-state index contributed by atoms with van der Waals surface area (Å²) >= 11 is 1.14. The van der Waals surface area contributed by atoms with Gasteiger partial charge in [0.2, 0.25) is 0 Å². The van der Waals surface area contributed by atoms with E-state index in [1.807, 2.05) is 0 Å². The van der Waals surface area contributed by atoms with E-state index < -0.39 is 11.6 Å². The molecule has 0 radical (unpaired) electrons. The van der Waals surface area contributed by atoms with Crippen molar-refractivity contribution in [2.45, 2.75) is 23.9 Å². The van der Waals surface area contributed by atoms with Crippen molar-refractivity contribution in [1.82, 2.24) is 15.1 Å². The van der Waals surface area contributed by atoms with Crippen molar-refractivity contribution in [3.05, 3.63) is 41.6 Å². The van der Waals surface area contributed by atoms with Crippen molar-refractivity contribution in [2.24, 2.45) is 0 Å². The third-order valence-electron chi connectivity index (χ3n) is 3.26. The first-order chi connectivity index (χ1) is 11.6. The van der Waals surface area contributed by atoms with Gasteiger partial charge in [0.15, 0.2) is 16.8 Å². The highest BCUT2D eigenvalue weighted by Gasteiger charge is 2.15. The summed E-state index contributed by atoms with van der Waals surface area (Å²) < 4.78 is 32.0. The van der Waals surface area contributed by atoms with Crippen molar-refractivity contribution in [3.8, 4) is 0 Å². The molecule has 0 spiro atoms. The minimum absolute atomic E-state index is 0.0756. The summed E-state index contributed by atoms with van der Waals surface area (Å²) in [5.41, 5.74) is 0.499. The molecule has 0 amide bonds. The van der Waals surface area contributed by atoms with E-state index in [2.05, 4.69) is 20.4 Å². The van der Waals surface area contributed by atoms with Gasteiger partial charge in [0.05, 0.1) is 12.8 Å². The molecule has 9 heteroatoms. The first-order valence-corrected chi connectivity index (χ1v) is 8.12. The van der Waals surface area contributed by atoms with Crippen LogP contribution < -0.4 is 5.32 Å². The quantitative estimate of drug-likeness (QED) is 0.521. The summed E-state index contributed by atoms with van der Waals surface area (Å²) in [6.45, 7) is 1.71. The molecule has 2 N–H and O–H groups in total. The zero-order chi connectivity index (χ0) is 17.1. The number of aliphatic hydroxyl groups is 1. The summed E-state index contributed by atoms with van der Waals surface area (Å²) in [6, 6.07) is 3.80. The maximum Gasteiger partial charge on any atom is 0.263 e. The summed E-state index contributed by atoms with van der Waals surface area (Å²) in [7, 11) is 0. The second-order valence-electron chi connectivity index (χ2n) is 5.13. The van der Waals surface area contributed by atoms with Crippen LogP contribution in [0.5, 0.6) is 0 Å². The van der Waals surface area contributed by atoms with Gasteiger partial charge in [0, 0.05) is 17.4 Å². The second kappa shape index (κ2) is 7.10.